The number of aryl methyl sites for hydroxylation is 2. The maximum Gasteiger partial charge on any atom is 0.217 e. The van der Waals surface area contributed by atoms with Crippen LogP contribution in [0.2, 0.25) is 0 Å². The normalized spacial score (nSPS) is 14.8. The van der Waals surface area contributed by atoms with E-state index in [4.69, 9.17) is 9.72 Å². The van der Waals surface area contributed by atoms with Crippen LogP contribution in [-0.2, 0) is 12.8 Å². The van der Waals surface area contributed by atoms with E-state index in [1.54, 1.807) is 13.2 Å². The lowest BCUT2D eigenvalue weighted by Gasteiger charge is -2.26. The van der Waals surface area contributed by atoms with Crippen molar-refractivity contribution in [3.8, 4) is 11.9 Å². The standard InChI is InChI=1S/C24H30N2O2/c1-6-20-19(12-16-7-8-16)22(21(14(2)3)24(26-20)28-5)23(27)18-10-15(4)9-17(11-18)13-25/h9-11,14,16,23,27H,6-8,12H2,1-5H3. The first-order valence-corrected chi connectivity index (χ1v) is 10.2. The average molecular weight is 379 g/mol. The van der Waals surface area contributed by atoms with Crippen LogP contribution < -0.4 is 4.74 Å². The average Bonchev–Trinajstić information content (AvgIpc) is 3.50. The van der Waals surface area contributed by atoms with Gasteiger partial charge in [-0.15, -0.1) is 0 Å². The number of nitriles is 1. The van der Waals surface area contributed by atoms with Crippen molar-refractivity contribution >= 4 is 0 Å². The van der Waals surface area contributed by atoms with Crippen molar-refractivity contribution in [2.24, 2.45) is 5.92 Å². The van der Waals surface area contributed by atoms with Gasteiger partial charge < -0.3 is 9.84 Å². The molecule has 1 aromatic heterocycles. The summed E-state index contributed by atoms with van der Waals surface area (Å²) in [6.07, 6.45) is 3.42. The van der Waals surface area contributed by atoms with Gasteiger partial charge in [0.05, 0.1) is 18.7 Å². The zero-order chi connectivity index (χ0) is 20.4. The number of pyridine rings is 1. The van der Waals surface area contributed by atoms with Crippen LogP contribution in [0.4, 0.5) is 0 Å². The first kappa shape index (κ1) is 20.4. The van der Waals surface area contributed by atoms with E-state index in [0.717, 1.165) is 40.8 Å². The van der Waals surface area contributed by atoms with Crippen LogP contribution in [0.1, 0.15) is 84.7 Å². The molecular weight excluding hydrogens is 348 g/mol. The molecule has 1 aliphatic rings. The monoisotopic (exact) mass is 378 g/mol. The number of aliphatic hydroxyl groups is 1. The molecule has 1 saturated carbocycles. The SMILES string of the molecule is CCc1nc(OC)c(C(C)C)c(C(O)c2cc(C)cc(C#N)c2)c1CC1CC1. The molecule has 4 heteroatoms. The molecule has 148 valence electrons. The summed E-state index contributed by atoms with van der Waals surface area (Å²) in [4.78, 5) is 4.81. The van der Waals surface area contributed by atoms with Gasteiger partial charge in [-0.1, -0.05) is 26.8 Å². The van der Waals surface area contributed by atoms with Crippen molar-refractivity contribution in [2.75, 3.05) is 7.11 Å². The Morgan fingerprint density at radius 3 is 2.50 bits per heavy atom. The topological polar surface area (TPSA) is 66.1 Å². The van der Waals surface area contributed by atoms with Gasteiger partial charge in [-0.05, 0) is 78.8 Å². The largest absolute Gasteiger partial charge is 0.481 e. The second-order valence-corrected chi connectivity index (χ2v) is 8.18. The lowest BCUT2D eigenvalue weighted by molar-refractivity contribution is 0.216. The van der Waals surface area contributed by atoms with E-state index in [-0.39, 0.29) is 5.92 Å². The Morgan fingerprint density at radius 2 is 1.96 bits per heavy atom. The molecule has 1 N–H and O–H groups in total. The number of benzene rings is 1. The fourth-order valence-electron chi connectivity index (χ4n) is 4.04. The smallest absolute Gasteiger partial charge is 0.217 e. The van der Waals surface area contributed by atoms with Gasteiger partial charge in [-0.25, -0.2) is 4.98 Å². The summed E-state index contributed by atoms with van der Waals surface area (Å²) in [5.41, 5.74) is 6.38. The number of ether oxygens (including phenoxy) is 1. The maximum absolute atomic E-state index is 11.5. The Labute approximate surface area is 168 Å². The van der Waals surface area contributed by atoms with Gasteiger partial charge in [0.15, 0.2) is 0 Å². The second-order valence-electron chi connectivity index (χ2n) is 8.18. The van der Waals surface area contributed by atoms with Gasteiger partial charge in [-0.3, -0.25) is 0 Å². The number of aromatic nitrogens is 1. The molecule has 1 unspecified atom stereocenters. The Bertz CT molecular complexity index is 908. The first-order chi connectivity index (χ1) is 13.4. The van der Waals surface area contributed by atoms with Crippen molar-refractivity contribution in [2.45, 2.75) is 65.4 Å². The summed E-state index contributed by atoms with van der Waals surface area (Å²) in [7, 11) is 1.64. The molecule has 0 saturated heterocycles. The van der Waals surface area contributed by atoms with Gasteiger partial charge in [-0.2, -0.15) is 5.26 Å². The lowest BCUT2D eigenvalue weighted by Crippen LogP contribution is -2.16. The summed E-state index contributed by atoms with van der Waals surface area (Å²) in [6.45, 7) is 8.28. The molecule has 0 radical (unpaired) electrons. The predicted molar refractivity (Wildman–Crippen MR) is 111 cm³/mol. The lowest BCUT2D eigenvalue weighted by atomic mass is 9.84. The fourth-order valence-corrected chi connectivity index (χ4v) is 4.04. The molecule has 28 heavy (non-hydrogen) atoms. The molecule has 3 rings (SSSR count). The van der Waals surface area contributed by atoms with Crippen LogP contribution in [0.5, 0.6) is 5.88 Å². The van der Waals surface area contributed by atoms with E-state index in [0.29, 0.717) is 17.4 Å². The van der Waals surface area contributed by atoms with Crippen LogP contribution >= 0.6 is 0 Å². The van der Waals surface area contributed by atoms with Crippen molar-refractivity contribution in [1.29, 1.82) is 5.26 Å². The summed E-state index contributed by atoms with van der Waals surface area (Å²) >= 11 is 0. The van der Waals surface area contributed by atoms with Gasteiger partial charge in [0, 0.05) is 11.3 Å². The first-order valence-electron chi connectivity index (χ1n) is 10.2. The number of methoxy groups -OCH3 is 1. The fraction of sp³-hybridized carbons (Fsp3) is 0.500. The van der Waals surface area contributed by atoms with E-state index in [2.05, 4.69) is 26.8 Å². The van der Waals surface area contributed by atoms with Gasteiger partial charge in [0.25, 0.3) is 0 Å². The number of rotatable bonds is 7. The van der Waals surface area contributed by atoms with Crippen LogP contribution in [-0.4, -0.2) is 17.2 Å². The van der Waals surface area contributed by atoms with Crippen molar-refractivity contribution < 1.29 is 9.84 Å². The molecular formula is C24H30N2O2. The maximum atomic E-state index is 11.5. The van der Waals surface area contributed by atoms with Crippen LogP contribution in [0.25, 0.3) is 0 Å². The van der Waals surface area contributed by atoms with Crippen molar-refractivity contribution in [1.82, 2.24) is 4.98 Å². The van der Waals surface area contributed by atoms with Crippen LogP contribution in [0, 0.1) is 24.2 Å². The Balaban J connectivity index is 2.26. The van der Waals surface area contributed by atoms with Crippen LogP contribution in [0.15, 0.2) is 18.2 Å². The van der Waals surface area contributed by atoms with E-state index >= 15 is 0 Å². The summed E-state index contributed by atoms with van der Waals surface area (Å²) in [5, 5.41) is 20.9. The van der Waals surface area contributed by atoms with Gasteiger partial charge >= 0.3 is 0 Å². The van der Waals surface area contributed by atoms with Crippen molar-refractivity contribution in [3.63, 3.8) is 0 Å². The zero-order valence-electron chi connectivity index (χ0n) is 17.5. The predicted octanol–water partition coefficient (Wildman–Crippen LogP) is 4.99. The van der Waals surface area contributed by atoms with E-state index in [9.17, 15) is 10.4 Å². The highest BCUT2D eigenvalue weighted by molar-refractivity contribution is 5.51. The minimum Gasteiger partial charge on any atom is -0.481 e. The summed E-state index contributed by atoms with van der Waals surface area (Å²) in [5.74, 6) is 1.45. The highest BCUT2D eigenvalue weighted by Gasteiger charge is 2.31. The quantitative estimate of drug-likeness (QED) is 0.737. The third kappa shape index (κ3) is 4.05. The van der Waals surface area contributed by atoms with Crippen LogP contribution in [0.3, 0.4) is 0 Å². The molecule has 4 nitrogen and oxygen atoms in total. The molecule has 2 aromatic rings. The molecule has 0 amide bonds. The highest BCUT2D eigenvalue weighted by atomic mass is 16.5. The Kier molecular flexibility index (Phi) is 6.05. The molecule has 0 bridgehead atoms. The van der Waals surface area contributed by atoms with E-state index in [1.807, 2.05) is 19.1 Å². The van der Waals surface area contributed by atoms with Crippen molar-refractivity contribution in [3.05, 3.63) is 57.3 Å². The molecule has 1 aromatic carbocycles. The third-order valence-corrected chi connectivity index (χ3v) is 5.54. The second kappa shape index (κ2) is 8.32. The number of hydrogen-bond acceptors (Lipinski definition) is 4. The number of aliphatic hydroxyl groups excluding tert-OH is 1. The molecule has 0 aliphatic heterocycles. The minimum absolute atomic E-state index is 0.163. The summed E-state index contributed by atoms with van der Waals surface area (Å²) in [6, 6.07) is 7.81. The Hall–Kier alpha value is -2.38. The zero-order valence-corrected chi connectivity index (χ0v) is 17.5. The molecule has 1 heterocycles. The molecule has 1 fully saturated rings. The Morgan fingerprint density at radius 1 is 1.25 bits per heavy atom. The third-order valence-electron chi connectivity index (χ3n) is 5.54. The number of hydrogen-bond donors (Lipinski definition) is 1. The summed E-state index contributed by atoms with van der Waals surface area (Å²) < 4.78 is 5.65. The van der Waals surface area contributed by atoms with E-state index in [1.165, 1.54) is 18.4 Å². The minimum atomic E-state index is -0.805. The van der Waals surface area contributed by atoms with E-state index < -0.39 is 6.10 Å². The number of nitrogens with zero attached hydrogens (tertiary/aromatic N) is 2. The molecule has 0 spiro atoms. The molecule has 1 aliphatic carbocycles. The highest BCUT2D eigenvalue weighted by Crippen LogP contribution is 2.42. The van der Waals surface area contributed by atoms with Gasteiger partial charge in [0.1, 0.15) is 6.10 Å². The van der Waals surface area contributed by atoms with Gasteiger partial charge in [0.2, 0.25) is 5.88 Å². The molecule has 1 atom stereocenters.